The molecule has 0 bridgehead atoms. The van der Waals surface area contributed by atoms with Crippen molar-refractivity contribution in [1.82, 2.24) is 15.5 Å². The maximum Gasteiger partial charge on any atom is 0.269 e. The Kier molecular flexibility index (Phi) is 11.1. The summed E-state index contributed by atoms with van der Waals surface area (Å²) in [5, 5.41) is 16.1. The maximum atomic E-state index is 13.7. The summed E-state index contributed by atoms with van der Waals surface area (Å²) < 4.78 is 0. The number of benzene rings is 2. The van der Waals surface area contributed by atoms with Gasteiger partial charge < -0.3 is 21.3 Å². The molecule has 4 amide bonds. The predicted octanol–water partition coefficient (Wildman–Crippen LogP) is 1.83. The summed E-state index contributed by atoms with van der Waals surface area (Å²) in [6, 6.07) is 13.0. The third-order valence-corrected chi connectivity index (χ3v) is 8.18. The van der Waals surface area contributed by atoms with Crippen LogP contribution in [-0.4, -0.2) is 69.6 Å². The van der Waals surface area contributed by atoms with Crippen LogP contribution in [0.5, 0.6) is 0 Å². The number of hydrogen-bond donors (Lipinski definition) is 3. The Labute approximate surface area is 237 Å². The number of nitro benzene ring substituents is 1. The fourth-order valence-corrected chi connectivity index (χ4v) is 5.61. The average Bonchev–Trinajstić information content (AvgIpc) is 2.91. The zero-order valence-electron chi connectivity index (χ0n) is 22.6. The van der Waals surface area contributed by atoms with Gasteiger partial charge in [-0.3, -0.25) is 29.3 Å². The molecule has 0 unspecified atom stereocenters. The zero-order chi connectivity index (χ0) is 29.2. The quantitative estimate of drug-likeness (QED) is 0.290. The highest BCUT2D eigenvalue weighted by molar-refractivity contribution is 8.00. The van der Waals surface area contributed by atoms with Crippen LogP contribution in [0.3, 0.4) is 0 Å². The Morgan fingerprint density at radius 3 is 2.40 bits per heavy atom. The number of nitrogens with two attached hydrogens (primary N) is 1. The van der Waals surface area contributed by atoms with E-state index in [1.165, 1.54) is 40.9 Å². The molecule has 40 heavy (non-hydrogen) atoms. The normalized spacial score (nSPS) is 19.0. The SMILES string of the molecule is CC(C)[C@H]1SCCCN(CC(=O)N[C@@H](Cc2ccc([N+](=O)[O-])cc2)C(N)=O)C(=O)[C@H](Cc2ccccc2)NC1=O. The van der Waals surface area contributed by atoms with Crippen LogP contribution < -0.4 is 16.4 Å². The van der Waals surface area contributed by atoms with Crippen molar-refractivity contribution in [2.45, 2.75) is 50.4 Å². The van der Waals surface area contributed by atoms with Crippen LogP contribution in [-0.2, 0) is 32.0 Å². The van der Waals surface area contributed by atoms with Gasteiger partial charge in [0.25, 0.3) is 5.69 Å². The van der Waals surface area contributed by atoms with E-state index in [0.29, 0.717) is 24.3 Å². The molecule has 11 nitrogen and oxygen atoms in total. The van der Waals surface area contributed by atoms with Gasteiger partial charge in [0, 0.05) is 31.5 Å². The third kappa shape index (κ3) is 8.80. The molecular formula is C28H35N5O6S. The van der Waals surface area contributed by atoms with E-state index >= 15 is 0 Å². The molecule has 4 N–H and O–H groups in total. The van der Waals surface area contributed by atoms with Crippen molar-refractivity contribution < 1.29 is 24.1 Å². The van der Waals surface area contributed by atoms with Crippen LogP contribution in [0.1, 0.15) is 31.4 Å². The summed E-state index contributed by atoms with van der Waals surface area (Å²) in [6.45, 7) is 3.93. The second kappa shape index (κ2) is 14.5. The van der Waals surface area contributed by atoms with E-state index in [9.17, 15) is 29.3 Å². The topological polar surface area (TPSA) is 165 Å². The lowest BCUT2D eigenvalue weighted by Crippen LogP contribution is -2.56. The van der Waals surface area contributed by atoms with E-state index in [1.807, 2.05) is 44.2 Å². The van der Waals surface area contributed by atoms with Crippen molar-refractivity contribution in [2.75, 3.05) is 18.8 Å². The lowest BCUT2D eigenvalue weighted by Gasteiger charge is -2.31. The molecule has 1 aliphatic heterocycles. The molecular weight excluding hydrogens is 534 g/mol. The van der Waals surface area contributed by atoms with Gasteiger partial charge in [0.2, 0.25) is 23.6 Å². The first kappa shape index (κ1) is 30.6. The van der Waals surface area contributed by atoms with Gasteiger partial charge in [0.05, 0.1) is 16.7 Å². The fraction of sp³-hybridized carbons (Fsp3) is 0.429. The lowest BCUT2D eigenvalue weighted by atomic mass is 10.0. The lowest BCUT2D eigenvalue weighted by molar-refractivity contribution is -0.384. The summed E-state index contributed by atoms with van der Waals surface area (Å²) in [4.78, 5) is 63.7. The number of rotatable bonds is 10. The molecule has 0 saturated carbocycles. The third-order valence-electron chi connectivity index (χ3n) is 6.54. The highest BCUT2D eigenvalue weighted by Crippen LogP contribution is 2.22. The van der Waals surface area contributed by atoms with Crippen molar-refractivity contribution in [1.29, 1.82) is 0 Å². The molecule has 12 heteroatoms. The minimum atomic E-state index is -1.08. The minimum absolute atomic E-state index is 0.0347. The number of nitrogens with one attached hydrogen (secondary N) is 2. The molecule has 0 aliphatic carbocycles. The molecule has 2 aromatic carbocycles. The van der Waals surface area contributed by atoms with Crippen molar-refractivity contribution in [3.8, 4) is 0 Å². The Bertz CT molecular complexity index is 1210. The second-order valence-corrected chi connectivity index (χ2v) is 11.3. The number of hydrogen-bond acceptors (Lipinski definition) is 7. The number of non-ortho nitro benzene ring substituents is 1. The van der Waals surface area contributed by atoms with Crippen molar-refractivity contribution in [2.24, 2.45) is 11.7 Å². The van der Waals surface area contributed by atoms with Crippen molar-refractivity contribution >= 4 is 41.1 Å². The van der Waals surface area contributed by atoms with Gasteiger partial charge in [-0.1, -0.05) is 56.3 Å². The van der Waals surface area contributed by atoms with Gasteiger partial charge in [-0.05, 0) is 29.2 Å². The zero-order valence-corrected chi connectivity index (χ0v) is 23.4. The number of nitro groups is 1. The van der Waals surface area contributed by atoms with Crippen molar-refractivity contribution in [3.05, 3.63) is 75.8 Å². The standard InChI is InChI=1S/C28H35N5O6S/c1-18(2)25-27(36)31-23(16-19-7-4-3-5-8-19)28(37)32(13-6-14-40-25)17-24(34)30-22(26(29)35)15-20-9-11-21(12-10-20)33(38)39/h3-5,7-12,18,22-23,25H,6,13-17H2,1-2H3,(H2,29,35)(H,30,34)(H,31,36)/t22-,23-,25+/m0/s1. The van der Waals surface area contributed by atoms with Crippen LogP contribution >= 0.6 is 11.8 Å². The van der Waals surface area contributed by atoms with E-state index in [2.05, 4.69) is 10.6 Å². The van der Waals surface area contributed by atoms with Crippen LogP contribution in [0.15, 0.2) is 54.6 Å². The molecule has 1 heterocycles. The molecule has 1 saturated heterocycles. The molecule has 1 fully saturated rings. The predicted molar refractivity (Wildman–Crippen MR) is 152 cm³/mol. The first-order valence-corrected chi connectivity index (χ1v) is 14.2. The summed E-state index contributed by atoms with van der Waals surface area (Å²) in [7, 11) is 0. The number of carbonyl (C=O) groups is 4. The van der Waals surface area contributed by atoms with E-state index in [4.69, 9.17) is 5.73 Å². The molecule has 1 aliphatic rings. The van der Waals surface area contributed by atoms with Gasteiger partial charge in [-0.2, -0.15) is 0 Å². The number of primary amides is 1. The molecule has 0 radical (unpaired) electrons. The summed E-state index contributed by atoms with van der Waals surface area (Å²) >= 11 is 1.53. The summed E-state index contributed by atoms with van der Waals surface area (Å²) in [6.07, 6.45) is 0.885. The number of amides is 4. The Hall–Kier alpha value is -3.93. The van der Waals surface area contributed by atoms with Gasteiger partial charge in [-0.15, -0.1) is 11.8 Å². The van der Waals surface area contributed by atoms with E-state index < -0.39 is 28.8 Å². The monoisotopic (exact) mass is 569 g/mol. The minimum Gasteiger partial charge on any atom is -0.368 e. The van der Waals surface area contributed by atoms with Gasteiger partial charge in [-0.25, -0.2) is 0 Å². The summed E-state index contributed by atoms with van der Waals surface area (Å²) in [5.74, 6) is -1.22. The van der Waals surface area contributed by atoms with Crippen LogP contribution in [0.4, 0.5) is 5.69 Å². The molecule has 0 spiro atoms. The molecule has 0 aromatic heterocycles. The molecule has 3 atom stereocenters. The van der Waals surface area contributed by atoms with E-state index in [0.717, 1.165) is 5.56 Å². The Morgan fingerprint density at radius 2 is 1.80 bits per heavy atom. The molecule has 214 valence electrons. The number of carbonyl (C=O) groups excluding carboxylic acids is 4. The van der Waals surface area contributed by atoms with E-state index in [-0.39, 0.29) is 48.1 Å². The van der Waals surface area contributed by atoms with Crippen molar-refractivity contribution in [3.63, 3.8) is 0 Å². The first-order valence-electron chi connectivity index (χ1n) is 13.1. The van der Waals surface area contributed by atoms with Gasteiger partial charge >= 0.3 is 0 Å². The van der Waals surface area contributed by atoms with E-state index in [1.54, 1.807) is 0 Å². The Morgan fingerprint density at radius 1 is 1.12 bits per heavy atom. The van der Waals surface area contributed by atoms with Crippen LogP contribution in [0, 0.1) is 16.0 Å². The molecule has 2 aromatic rings. The second-order valence-electron chi connectivity index (χ2n) is 10.0. The number of thioether (sulfide) groups is 1. The highest BCUT2D eigenvalue weighted by atomic mass is 32.2. The maximum absolute atomic E-state index is 13.7. The van der Waals surface area contributed by atoms with Crippen LogP contribution in [0.25, 0.3) is 0 Å². The highest BCUT2D eigenvalue weighted by Gasteiger charge is 2.33. The fourth-order valence-electron chi connectivity index (χ4n) is 4.45. The number of nitrogens with zero attached hydrogens (tertiary/aromatic N) is 2. The molecule has 3 rings (SSSR count). The van der Waals surface area contributed by atoms with Crippen LogP contribution in [0.2, 0.25) is 0 Å². The largest absolute Gasteiger partial charge is 0.368 e. The average molecular weight is 570 g/mol. The van der Waals surface area contributed by atoms with Gasteiger partial charge in [0.1, 0.15) is 12.1 Å². The van der Waals surface area contributed by atoms with Gasteiger partial charge in [0.15, 0.2) is 0 Å². The Balaban J connectivity index is 1.74. The first-order chi connectivity index (χ1) is 19.0. The smallest absolute Gasteiger partial charge is 0.269 e. The summed E-state index contributed by atoms with van der Waals surface area (Å²) in [5.41, 5.74) is 6.87.